The minimum absolute atomic E-state index is 0.0351. The molecule has 0 unspecified atom stereocenters. The molecule has 6 rings (SSSR count). The number of nitrogens with one attached hydrogen (secondary N) is 1. The Labute approximate surface area is 321 Å². The number of rotatable bonds is 15. The minimum Gasteiger partial charge on any atom is -0.491 e. The highest BCUT2D eigenvalue weighted by atomic mass is 16.6. The fourth-order valence-corrected chi connectivity index (χ4v) is 7.31. The average Bonchev–Trinajstić information content (AvgIpc) is 3.81. The highest BCUT2D eigenvalue weighted by molar-refractivity contribution is 5.80. The number of aliphatic hydroxyl groups is 3. The summed E-state index contributed by atoms with van der Waals surface area (Å²) >= 11 is 0. The van der Waals surface area contributed by atoms with Crippen LogP contribution in [0.4, 0.5) is 9.59 Å². The van der Waals surface area contributed by atoms with Crippen molar-refractivity contribution in [2.45, 2.75) is 75.4 Å². The summed E-state index contributed by atoms with van der Waals surface area (Å²) in [6.07, 6.45) is -1.47. The number of likely N-dealkylation sites (tertiary alicyclic amines) is 1. The van der Waals surface area contributed by atoms with E-state index in [-0.39, 0.29) is 52.0 Å². The van der Waals surface area contributed by atoms with Gasteiger partial charge in [-0.25, -0.2) is 20.0 Å². The van der Waals surface area contributed by atoms with E-state index in [0.29, 0.717) is 37.1 Å². The number of carbonyl (C=O) groups is 3. The van der Waals surface area contributed by atoms with Gasteiger partial charge in [0.05, 0.1) is 24.9 Å². The molecule has 3 amide bonds. The maximum absolute atomic E-state index is 14.3. The summed E-state index contributed by atoms with van der Waals surface area (Å²) in [6, 6.07) is 32.9. The molecular weight excluding hydrogens is 702 g/mol. The molecule has 4 aromatic carbocycles. The van der Waals surface area contributed by atoms with Gasteiger partial charge in [-0.05, 0) is 53.1 Å². The first-order chi connectivity index (χ1) is 26.7. The Balaban J connectivity index is 1.15. The topological polar surface area (TPSA) is 158 Å². The summed E-state index contributed by atoms with van der Waals surface area (Å²) in [5.74, 6) is 0.0193. The first-order valence-electron chi connectivity index (χ1n) is 18.8. The van der Waals surface area contributed by atoms with Crippen LogP contribution in [0.2, 0.25) is 0 Å². The second-order valence-electron chi connectivity index (χ2n) is 14.2. The molecule has 1 aliphatic heterocycles. The van der Waals surface area contributed by atoms with Gasteiger partial charge in [-0.2, -0.15) is 0 Å². The summed E-state index contributed by atoms with van der Waals surface area (Å²) in [4.78, 5) is 42.0. The monoisotopic (exact) mass is 751 g/mol. The largest absolute Gasteiger partial charge is 0.491 e. The third-order valence-electron chi connectivity index (χ3n) is 10.2. The van der Waals surface area contributed by atoms with Crippen molar-refractivity contribution in [1.82, 2.24) is 15.3 Å². The molecule has 0 aromatic heterocycles. The van der Waals surface area contributed by atoms with Gasteiger partial charge in [-0.1, -0.05) is 103 Å². The lowest BCUT2D eigenvalue weighted by Gasteiger charge is -2.34. The Hall–Kier alpha value is -5.43. The molecule has 0 bridgehead atoms. The van der Waals surface area contributed by atoms with Crippen LogP contribution in [0, 0.1) is 0 Å². The van der Waals surface area contributed by atoms with Crippen LogP contribution in [0.3, 0.4) is 0 Å². The van der Waals surface area contributed by atoms with Crippen molar-refractivity contribution in [3.63, 3.8) is 0 Å². The first-order valence-corrected chi connectivity index (χ1v) is 18.8. The highest BCUT2D eigenvalue weighted by Gasteiger charge is 2.41. The van der Waals surface area contributed by atoms with E-state index >= 15 is 0 Å². The molecule has 1 saturated heterocycles. The lowest BCUT2D eigenvalue weighted by atomic mass is 9.84. The summed E-state index contributed by atoms with van der Waals surface area (Å²) in [6.45, 7) is 0.510. The van der Waals surface area contributed by atoms with Crippen LogP contribution in [-0.2, 0) is 40.1 Å². The molecular formula is C43H49N3O9. The second kappa shape index (κ2) is 18.7. The molecule has 4 aromatic rings. The van der Waals surface area contributed by atoms with Gasteiger partial charge >= 0.3 is 12.2 Å². The number of ether oxygens (including phenoxy) is 3. The molecule has 4 N–H and O–H groups in total. The maximum Gasteiger partial charge on any atom is 0.426 e. The van der Waals surface area contributed by atoms with Crippen LogP contribution in [0.15, 0.2) is 109 Å². The van der Waals surface area contributed by atoms with Crippen LogP contribution < -0.4 is 10.2 Å². The number of aryl methyl sites for hydroxylation is 1. The van der Waals surface area contributed by atoms with E-state index in [9.17, 15) is 29.7 Å². The normalized spacial score (nSPS) is 18.5. The SMILES string of the molecule is O=C(NN(C(=O)CC[C@@](O)(CCc1ccccc1)Cc1ccccc1OCCO)[C@H]1c2ccccc2C[C@H]1O)O[C@@H]1CCN(C(=O)OCc2ccccc2)C1. The number of carbonyl (C=O) groups excluding carboxylic acids is 3. The Morgan fingerprint density at radius 2 is 1.56 bits per heavy atom. The van der Waals surface area contributed by atoms with Crippen LogP contribution in [-0.4, -0.2) is 87.4 Å². The third kappa shape index (κ3) is 10.6. The molecule has 1 fully saturated rings. The summed E-state index contributed by atoms with van der Waals surface area (Å²) < 4.78 is 16.9. The second-order valence-corrected chi connectivity index (χ2v) is 14.2. The van der Waals surface area contributed by atoms with Crippen molar-refractivity contribution < 1.29 is 43.9 Å². The average molecular weight is 752 g/mol. The number of amides is 3. The minimum atomic E-state index is -1.37. The first kappa shape index (κ1) is 39.3. The van der Waals surface area contributed by atoms with Crippen LogP contribution >= 0.6 is 0 Å². The van der Waals surface area contributed by atoms with E-state index < -0.39 is 41.9 Å². The van der Waals surface area contributed by atoms with Gasteiger partial charge in [0.1, 0.15) is 31.1 Å². The van der Waals surface area contributed by atoms with Crippen molar-refractivity contribution in [2.24, 2.45) is 0 Å². The van der Waals surface area contributed by atoms with Gasteiger partial charge in [0.25, 0.3) is 0 Å². The number of nitrogens with zero attached hydrogens (tertiary/aromatic N) is 2. The van der Waals surface area contributed by atoms with Gasteiger partial charge in [-0.3, -0.25) is 4.79 Å². The van der Waals surface area contributed by atoms with E-state index in [1.165, 1.54) is 4.90 Å². The van der Waals surface area contributed by atoms with Crippen LogP contribution in [0.5, 0.6) is 5.75 Å². The molecule has 4 atom stereocenters. The summed E-state index contributed by atoms with van der Waals surface area (Å²) in [5.41, 5.74) is 5.43. The molecule has 0 spiro atoms. The van der Waals surface area contributed by atoms with Crippen molar-refractivity contribution in [3.05, 3.63) is 137 Å². The molecule has 1 aliphatic carbocycles. The van der Waals surface area contributed by atoms with E-state index in [0.717, 1.165) is 27.3 Å². The van der Waals surface area contributed by atoms with Crippen LogP contribution in [0.25, 0.3) is 0 Å². The van der Waals surface area contributed by atoms with Gasteiger partial charge < -0.3 is 34.4 Å². The van der Waals surface area contributed by atoms with Crippen LogP contribution in [0.1, 0.15) is 59.5 Å². The number of benzene rings is 4. The number of para-hydroxylation sites is 1. The molecule has 1 heterocycles. The quantitative estimate of drug-likeness (QED) is 0.119. The standard InChI is InChI=1S/C43H49N3O9/c47-25-26-53-38-18-10-8-16-34(38)28-43(52,22-19-31-11-3-1-4-12-31)23-20-39(49)46(40-36-17-9-7-15-33(36)27-37(40)48)44-41(50)55-35-21-24-45(29-35)42(51)54-30-32-13-5-2-6-14-32/h1-18,35,37,40,47-48,52H,19-30H2,(H,44,50)/t35-,37-,40+,43+/m1/s1. The molecule has 290 valence electrons. The molecule has 12 heteroatoms. The number of hydrogen-bond acceptors (Lipinski definition) is 9. The molecule has 55 heavy (non-hydrogen) atoms. The Morgan fingerprint density at radius 1 is 0.873 bits per heavy atom. The number of aliphatic hydroxyl groups excluding tert-OH is 2. The molecule has 0 saturated carbocycles. The van der Waals surface area contributed by atoms with Crippen molar-refractivity contribution in [2.75, 3.05) is 26.3 Å². The van der Waals surface area contributed by atoms with Gasteiger partial charge in [0, 0.05) is 32.2 Å². The van der Waals surface area contributed by atoms with Gasteiger partial charge in [0.2, 0.25) is 5.91 Å². The third-order valence-corrected chi connectivity index (χ3v) is 10.2. The Morgan fingerprint density at radius 3 is 2.33 bits per heavy atom. The fourth-order valence-electron chi connectivity index (χ4n) is 7.31. The predicted molar refractivity (Wildman–Crippen MR) is 204 cm³/mol. The molecule has 12 nitrogen and oxygen atoms in total. The van der Waals surface area contributed by atoms with Gasteiger partial charge in [0.15, 0.2) is 0 Å². The zero-order chi connectivity index (χ0) is 38.6. The van der Waals surface area contributed by atoms with E-state index in [2.05, 4.69) is 5.43 Å². The van der Waals surface area contributed by atoms with E-state index in [4.69, 9.17) is 14.2 Å². The Bertz CT molecular complexity index is 1880. The Kier molecular flexibility index (Phi) is 13.4. The number of fused-ring (bicyclic) bond motifs is 1. The van der Waals surface area contributed by atoms with E-state index in [1.807, 2.05) is 103 Å². The number of hydrogen-bond donors (Lipinski definition) is 4. The van der Waals surface area contributed by atoms with E-state index in [1.54, 1.807) is 6.07 Å². The lowest BCUT2D eigenvalue weighted by Crippen LogP contribution is -2.51. The number of hydrazine groups is 1. The predicted octanol–water partition coefficient (Wildman–Crippen LogP) is 5.28. The highest BCUT2D eigenvalue weighted by Crippen LogP contribution is 2.37. The fraction of sp³-hybridized carbons (Fsp3) is 0.372. The lowest BCUT2D eigenvalue weighted by molar-refractivity contribution is -0.141. The summed E-state index contributed by atoms with van der Waals surface area (Å²) in [5, 5.41) is 34.0. The van der Waals surface area contributed by atoms with Crippen molar-refractivity contribution in [1.29, 1.82) is 0 Å². The van der Waals surface area contributed by atoms with Crippen molar-refractivity contribution in [3.8, 4) is 5.75 Å². The van der Waals surface area contributed by atoms with Crippen molar-refractivity contribution >= 4 is 18.1 Å². The zero-order valence-corrected chi connectivity index (χ0v) is 30.8. The molecule has 0 radical (unpaired) electrons. The summed E-state index contributed by atoms with van der Waals surface area (Å²) in [7, 11) is 0. The smallest absolute Gasteiger partial charge is 0.426 e. The molecule has 2 aliphatic rings. The maximum atomic E-state index is 14.3. The zero-order valence-electron chi connectivity index (χ0n) is 30.8. The van der Waals surface area contributed by atoms with Gasteiger partial charge in [-0.15, -0.1) is 0 Å².